The van der Waals surface area contributed by atoms with Crippen LogP contribution >= 0.6 is 15.6 Å². The Kier molecular flexibility index (Phi) is 16.4. The first kappa shape index (κ1) is 57.8. The number of halogens is 12. The second-order valence-electron chi connectivity index (χ2n) is 16.1. The van der Waals surface area contributed by atoms with Crippen molar-refractivity contribution in [2.75, 3.05) is 0 Å². The van der Waals surface area contributed by atoms with Gasteiger partial charge in [0.15, 0.2) is 0 Å². The number of rotatable bonds is 2. The molecule has 0 radical (unpaired) electrons. The molecule has 0 amide bonds. The summed E-state index contributed by atoms with van der Waals surface area (Å²) in [6.45, 7) is 5.73. The van der Waals surface area contributed by atoms with Gasteiger partial charge in [-0.05, 0) is 99.5 Å². The summed E-state index contributed by atoms with van der Waals surface area (Å²) in [6.07, 6.45) is 12.5. The Morgan fingerprint density at radius 1 is 0.432 bits per heavy atom. The van der Waals surface area contributed by atoms with Gasteiger partial charge in [0.2, 0.25) is 0 Å². The number of benzene rings is 3. The number of hydrogen-bond acceptors (Lipinski definition) is 10. The van der Waals surface area contributed by atoms with E-state index in [1.165, 1.54) is 6.92 Å². The van der Waals surface area contributed by atoms with Crippen molar-refractivity contribution >= 4 is 70.3 Å². The molecule has 0 fully saturated rings. The summed E-state index contributed by atoms with van der Waals surface area (Å²) in [7, 11) is -21.3. The van der Waals surface area contributed by atoms with Crippen molar-refractivity contribution in [1.29, 1.82) is 5.26 Å². The minimum absolute atomic E-state index is 0. The van der Waals surface area contributed by atoms with Crippen molar-refractivity contribution in [1.82, 2.24) is 39.9 Å². The van der Waals surface area contributed by atoms with E-state index >= 15 is 0 Å². The largest absolute Gasteiger partial charge is 2.00 e. The van der Waals surface area contributed by atoms with Crippen molar-refractivity contribution in [2.45, 2.75) is 39.2 Å². The molecule has 1 aliphatic heterocycles. The third kappa shape index (κ3) is 18.1. The number of ether oxygens (including phenoxy) is 1. The van der Waals surface area contributed by atoms with E-state index in [1.807, 2.05) is 97.3 Å². The van der Waals surface area contributed by atoms with Crippen LogP contribution in [0.1, 0.15) is 32.8 Å². The predicted octanol–water partition coefficient (Wildman–Crippen LogP) is 17.7. The van der Waals surface area contributed by atoms with Gasteiger partial charge in [0.1, 0.15) is 11.4 Å². The van der Waals surface area contributed by atoms with Gasteiger partial charge in [0.05, 0.1) is 61.9 Å². The van der Waals surface area contributed by atoms with E-state index in [2.05, 4.69) is 80.1 Å². The first-order valence-corrected chi connectivity index (χ1v) is 25.4. The topological polar surface area (TPSA) is 136 Å². The average molecular weight is 1160 g/mol. The van der Waals surface area contributed by atoms with E-state index in [-0.39, 0.29) is 25.1 Å². The molecule has 1 aliphatic rings. The molecule has 0 N–H and O–H groups in total. The number of fused-ring (bicyclic) bond motifs is 12. The van der Waals surface area contributed by atoms with Gasteiger partial charge >= 0.3 is 85.5 Å². The number of nitriles is 1. The molecule has 0 saturated carbocycles. The van der Waals surface area contributed by atoms with Gasteiger partial charge in [-0.1, -0.05) is 48.5 Å². The maximum absolute atomic E-state index is 10.7. The molecular weight excluding hydrogens is 1120 g/mol. The van der Waals surface area contributed by atoms with Gasteiger partial charge in [-0.2, -0.15) is 5.26 Å². The van der Waals surface area contributed by atoms with Crippen molar-refractivity contribution in [3.8, 4) is 34.6 Å². The fourth-order valence-electron chi connectivity index (χ4n) is 7.10. The van der Waals surface area contributed by atoms with Gasteiger partial charge in [-0.3, -0.25) is 29.9 Å². The molecule has 25 heteroatoms. The van der Waals surface area contributed by atoms with Crippen LogP contribution < -0.4 is 4.74 Å². The Hall–Kier alpha value is -7.13. The molecule has 3 aromatic carbocycles. The van der Waals surface area contributed by atoms with E-state index < -0.39 is 15.6 Å². The van der Waals surface area contributed by atoms with Crippen LogP contribution in [0.5, 0.6) is 5.75 Å². The summed E-state index contributed by atoms with van der Waals surface area (Å²) < 4.78 is 125. The zero-order valence-corrected chi connectivity index (χ0v) is 42.2. The third-order valence-corrected chi connectivity index (χ3v) is 9.77. The van der Waals surface area contributed by atoms with Gasteiger partial charge in [-0.25, -0.2) is 9.97 Å². The monoisotopic (exact) mass is 1160 g/mol. The zero-order chi connectivity index (χ0) is 53.4. The molecule has 10 aromatic rings. The Morgan fingerprint density at radius 2 is 0.730 bits per heavy atom. The van der Waals surface area contributed by atoms with Crippen LogP contribution in [0.4, 0.5) is 50.4 Å². The van der Waals surface area contributed by atoms with Crippen LogP contribution in [-0.2, 0) is 25.9 Å². The summed E-state index contributed by atoms with van der Waals surface area (Å²) in [5, 5.41) is 11.4. The molecule has 0 atom stereocenters. The standard InChI is InChI=1S/C27H20N4O.2C10H8N2.C2H3N.2F6P.Ru/c1-27(2)12-11-19-25-22(15-7-3-4-8-16(15)26(19)32-27)30-23-17-9-5-13-28-20(17)21-18(24(23)31-25)10-6-14-29-21;2*1-3-7-11-9(5-1)10-6-2-4-8-12-10;1-2-3;2*1-7(2,3,4,5)6;/h3-10,13-14H,11-12H2,1-2H3;2*1-8H;1H3;;;/q;;;;2*-1;+2. The minimum atomic E-state index is -10.7. The van der Waals surface area contributed by atoms with Gasteiger partial charge in [0.25, 0.3) is 0 Å². The SMILES string of the molecule is CC#N.CC1(C)CCc2c(c3ccccc3c3nc4c5cccnc5c5ncccc5c4nc23)O1.F[P-](F)(F)(F)(F)F.F[P-](F)(F)(F)(F)F.[Ru+2].c1ccc(-c2ccccn2)nc1.c1ccc(-c2ccccn2)nc1. The molecule has 0 unspecified atom stereocenters. The number of nitrogens with zero attached hydrogens (tertiary/aromatic N) is 9. The molecule has 7 aromatic heterocycles. The number of pyridine rings is 6. The Bertz CT molecular complexity index is 3390. The molecule has 11 rings (SSSR count). The minimum Gasteiger partial charge on any atom is -0.255 e. The predicted molar refractivity (Wildman–Crippen MR) is 262 cm³/mol. The molecule has 10 nitrogen and oxygen atoms in total. The van der Waals surface area contributed by atoms with Crippen LogP contribution in [0.25, 0.3) is 77.4 Å². The molecular formula is C49H39F12N9OP2Ru. The first-order chi connectivity index (χ1) is 33.9. The smallest absolute Gasteiger partial charge is 0.255 e. The van der Waals surface area contributed by atoms with Crippen LogP contribution in [0.15, 0.2) is 159 Å². The van der Waals surface area contributed by atoms with Crippen LogP contribution in [-0.4, -0.2) is 45.5 Å². The van der Waals surface area contributed by atoms with Crippen molar-refractivity contribution < 1.29 is 74.6 Å². The number of hydrogen-bond donors (Lipinski definition) is 0. The molecule has 388 valence electrons. The first-order valence-electron chi connectivity index (χ1n) is 21.3. The summed E-state index contributed by atoms with van der Waals surface area (Å²) in [5.74, 6) is 0.947. The second-order valence-corrected chi connectivity index (χ2v) is 20.0. The zero-order valence-electron chi connectivity index (χ0n) is 38.6. The Labute approximate surface area is 426 Å². The number of aryl methyl sites for hydroxylation is 1. The van der Waals surface area contributed by atoms with E-state index in [9.17, 15) is 50.4 Å². The summed E-state index contributed by atoms with van der Waals surface area (Å²) in [5.41, 5.74) is 9.90. The van der Waals surface area contributed by atoms with Gasteiger partial charge in [0, 0.05) is 71.2 Å². The van der Waals surface area contributed by atoms with E-state index in [0.29, 0.717) is 0 Å². The fourth-order valence-corrected chi connectivity index (χ4v) is 7.10. The maximum atomic E-state index is 9.87. The van der Waals surface area contributed by atoms with Gasteiger partial charge < -0.3 is 4.74 Å². The van der Waals surface area contributed by atoms with Crippen LogP contribution in [0.2, 0.25) is 0 Å². The number of aromatic nitrogens is 8. The normalized spacial score (nSPS) is 14.3. The van der Waals surface area contributed by atoms with E-state index in [0.717, 1.165) is 102 Å². The Morgan fingerprint density at radius 3 is 1.08 bits per heavy atom. The molecule has 8 heterocycles. The molecule has 74 heavy (non-hydrogen) atoms. The molecule has 0 spiro atoms. The molecule has 0 saturated heterocycles. The summed E-state index contributed by atoms with van der Waals surface area (Å²) in [6, 6.07) is 41.3. The second kappa shape index (κ2) is 21.0. The quantitative estimate of drug-likeness (QED) is 0.0541. The van der Waals surface area contributed by atoms with Crippen molar-refractivity contribution in [2.24, 2.45) is 0 Å². The third-order valence-electron chi connectivity index (χ3n) is 9.77. The Balaban J connectivity index is 0.000000199. The summed E-state index contributed by atoms with van der Waals surface area (Å²) in [4.78, 5) is 36.5. The van der Waals surface area contributed by atoms with Crippen LogP contribution in [0.3, 0.4) is 0 Å². The van der Waals surface area contributed by atoms with Crippen LogP contribution in [0, 0.1) is 11.3 Å². The van der Waals surface area contributed by atoms with Gasteiger partial charge in [-0.15, -0.1) is 0 Å². The maximum Gasteiger partial charge on any atom is 2.00 e. The van der Waals surface area contributed by atoms with E-state index in [1.54, 1.807) is 30.9 Å². The fraction of sp³-hybridized carbons (Fsp3) is 0.122. The summed E-state index contributed by atoms with van der Waals surface area (Å²) >= 11 is 0. The van der Waals surface area contributed by atoms with Crippen molar-refractivity contribution in [3.63, 3.8) is 0 Å². The average Bonchev–Trinajstić information content (AvgIpc) is 3.33. The van der Waals surface area contributed by atoms with Crippen molar-refractivity contribution in [3.05, 3.63) is 164 Å². The van der Waals surface area contributed by atoms with E-state index in [4.69, 9.17) is 20.0 Å². The molecule has 0 bridgehead atoms. The molecule has 0 aliphatic carbocycles.